The van der Waals surface area contributed by atoms with Crippen molar-refractivity contribution >= 4 is 5.69 Å². The van der Waals surface area contributed by atoms with Crippen LogP contribution in [0, 0.1) is 5.82 Å². The highest BCUT2D eigenvalue weighted by atomic mass is 19.1. The second kappa shape index (κ2) is 6.58. The van der Waals surface area contributed by atoms with Gasteiger partial charge in [-0.2, -0.15) is 0 Å². The number of anilines is 1. The fourth-order valence-electron chi connectivity index (χ4n) is 2.38. The first-order valence-electron chi connectivity index (χ1n) is 6.89. The van der Waals surface area contributed by atoms with E-state index in [-0.39, 0.29) is 30.2 Å². The fraction of sp³-hybridized carbons (Fsp3) is 0.400. The lowest BCUT2D eigenvalue weighted by Crippen LogP contribution is -2.25. The molecule has 0 radical (unpaired) electrons. The summed E-state index contributed by atoms with van der Waals surface area (Å²) in [6.45, 7) is 3.23. The Hall–Kier alpha value is -2.08. The van der Waals surface area contributed by atoms with E-state index < -0.39 is 0 Å². The Balaban J connectivity index is 2.46. The summed E-state index contributed by atoms with van der Waals surface area (Å²) in [5.41, 5.74) is 7.21. The number of nitrogen functional groups attached to an aromatic ring is 1. The summed E-state index contributed by atoms with van der Waals surface area (Å²) < 4.78 is 21.8. The van der Waals surface area contributed by atoms with E-state index in [1.165, 1.54) is 12.1 Å². The van der Waals surface area contributed by atoms with Gasteiger partial charge < -0.3 is 10.5 Å². The molecule has 2 aromatic rings. The molecule has 0 aliphatic carbocycles. The first kappa shape index (κ1) is 15.3. The summed E-state index contributed by atoms with van der Waals surface area (Å²) in [7, 11) is 1.56. The summed E-state index contributed by atoms with van der Waals surface area (Å²) >= 11 is 0. The number of ether oxygens (including phenoxy) is 1. The van der Waals surface area contributed by atoms with Gasteiger partial charge in [-0.3, -0.25) is 9.48 Å². The van der Waals surface area contributed by atoms with Gasteiger partial charge in [-0.1, -0.05) is 19.1 Å². The van der Waals surface area contributed by atoms with Crippen molar-refractivity contribution in [1.82, 2.24) is 9.36 Å². The van der Waals surface area contributed by atoms with Gasteiger partial charge in [-0.15, -0.1) is 0 Å². The molecule has 5 nitrogen and oxygen atoms in total. The Morgan fingerprint density at radius 1 is 1.33 bits per heavy atom. The average Bonchev–Trinajstić information content (AvgIpc) is 2.66. The maximum atomic E-state index is 13.3. The van der Waals surface area contributed by atoms with Gasteiger partial charge >= 0.3 is 0 Å². The highest BCUT2D eigenvalue weighted by molar-refractivity contribution is 5.41. The van der Waals surface area contributed by atoms with Gasteiger partial charge in [-0.05, 0) is 24.1 Å². The molecule has 0 unspecified atom stereocenters. The largest absolute Gasteiger partial charge is 0.393 e. The van der Waals surface area contributed by atoms with Crippen LogP contribution in [0.25, 0.3) is 0 Å². The zero-order valence-electron chi connectivity index (χ0n) is 12.3. The molecule has 1 aromatic carbocycles. The average molecular weight is 293 g/mol. The van der Waals surface area contributed by atoms with E-state index in [1.807, 2.05) is 11.6 Å². The molecule has 114 valence electrons. The Labute approximate surface area is 122 Å². The van der Waals surface area contributed by atoms with E-state index in [1.54, 1.807) is 23.9 Å². The molecule has 1 aromatic heterocycles. The minimum absolute atomic E-state index is 0.196. The van der Waals surface area contributed by atoms with Crippen LogP contribution < -0.4 is 11.3 Å². The number of benzene rings is 1. The molecule has 0 spiro atoms. The van der Waals surface area contributed by atoms with Crippen LogP contribution in [0.1, 0.15) is 24.6 Å². The van der Waals surface area contributed by atoms with Gasteiger partial charge in [-0.25, -0.2) is 9.07 Å². The number of hydrogen-bond donors (Lipinski definition) is 1. The lowest BCUT2D eigenvalue weighted by atomic mass is 10.2. The molecule has 2 N–H and O–H groups in total. The Bertz CT molecular complexity index is 676. The molecule has 1 heterocycles. The van der Waals surface area contributed by atoms with Crippen molar-refractivity contribution in [3.05, 3.63) is 51.7 Å². The highest BCUT2D eigenvalue weighted by Crippen LogP contribution is 2.13. The van der Waals surface area contributed by atoms with Crippen LogP contribution in [0.4, 0.5) is 10.1 Å². The summed E-state index contributed by atoms with van der Waals surface area (Å²) in [5.74, 6) is -0.320. The molecular weight excluding hydrogens is 273 g/mol. The van der Waals surface area contributed by atoms with E-state index in [4.69, 9.17) is 10.5 Å². The quantitative estimate of drug-likeness (QED) is 0.886. The van der Waals surface area contributed by atoms with Crippen molar-refractivity contribution in [1.29, 1.82) is 0 Å². The molecule has 6 heteroatoms. The van der Waals surface area contributed by atoms with E-state index in [9.17, 15) is 9.18 Å². The van der Waals surface area contributed by atoms with Crippen molar-refractivity contribution in [3.63, 3.8) is 0 Å². The molecule has 21 heavy (non-hydrogen) atoms. The normalized spacial score (nSPS) is 11.0. The minimum atomic E-state index is -0.320. The van der Waals surface area contributed by atoms with Crippen LogP contribution in [-0.2, 0) is 24.4 Å². The number of rotatable bonds is 6. The highest BCUT2D eigenvalue weighted by Gasteiger charge is 2.17. The third-order valence-corrected chi connectivity index (χ3v) is 3.32. The Kier molecular flexibility index (Phi) is 4.80. The Morgan fingerprint density at radius 2 is 2.10 bits per heavy atom. The number of methoxy groups -OCH3 is 1. The summed E-state index contributed by atoms with van der Waals surface area (Å²) in [5, 5.41) is 0. The monoisotopic (exact) mass is 293 g/mol. The first-order valence-corrected chi connectivity index (χ1v) is 6.89. The van der Waals surface area contributed by atoms with Crippen LogP contribution in [0.5, 0.6) is 0 Å². The third kappa shape index (κ3) is 3.16. The molecule has 0 amide bonds. The van der Waals surface area contributed by atoms with Gasteiger partial charge in [0.05, 0.1) is 18.8 Å². The number of halogens is 1. The predicted octanol–water partition coefficient (Wildman–Crippen LogP) is 1.98. The zero-order chi connectivity index (χ0) is 15.4. The SMILES string of the molecule is CCCn1c(COC)c(N)c(=O)n1Cc1cccc(F)c1. The van der Waals surface area contributed by atoms with E-state index >= 15 is 0 Å². The van der Waals surface area contributed by atoms with Gasteiger partial charge in [0.2, 0.25) is 0 Å². The number of nitrogens with zero attached hydrogens (tertiary/aromatic N) is 2. The first-order chi connectivity index (χ1) is 10.1. The minimum Gasteiger partial charge on any atom is -0.393 e. The maximum absolute atomic E-state index is 13.3. The van der Waals surface area contributed by atoms with Crippen molar-refractivity contribution in [2.24, 2.45) is 0 Å². The van der Waals surface area contributed by atoms with Crippen molar-refractivity contribution in [3.8, 4) is 0 Å². The molecule has 0 aliphatic rings. The second-order valence-corrected chi connectivity index (χ2v) is 4.91. The standard InChI is InChI=1S/C15H20FN3O2/c1-3-7-18-13(10-21-2)14(17)15(20)19(18)9-11-5-4-6-12(16)8-11/h4-6,8H,3,7,9-10,17H2,1-2H3. The topological polar surface area (TPSA) is 62.2 Å². The lowest BCUT2D eigenvalue weighted by Gasteiger charge is -2.14. The van der Waals surface area contributed by atoms with Gasteiger partial charge in [0, 0.05) is 13.7 Å². The van der Waals surface area contributed by atoms with Gasteiger partial charge in [0.15, 0.2) is 0 Å². The van der Waals surface area contributed by atoms with E-state index in [2.05, 4.69) is 0 Å². The van der Waals surface area contributed by atoms with E-state index in [0.717, 1.165) is 12.0 Å². The summed E-state index contributed by atoms with van der Waals surface area (Å²) in [6, 6.07) is 6.21. The maximum Gasteiger partial charge on any atom is 0.290 e. The Morgan fingerprint density at radius 3 is 2.71 bits per heavy atom. The van der Waals surface area contributed by atoms with Crippen molar-refractivity contribution < 1.29 is 9.13 Å². The van der Waals surface area contributed by atoms with E-state index in [0.29, 0.717) is 12.2 Å². The molecule has 0 fully saturated rings. The number of hydrogen-bond acceptors (Lipinski definition) is 3. The molecule has 0 atom stereocenters. The molecule has 0 saturated heterocycles. The van der Waals surface area contributed by atoms with Crippen LogP contribution >= 0.6 is 0 Å². The predicted molar refractivity (Wildman–Crippen MR) is 79.6 cm³/mol. The second-order valence-electron chi connectivity index (χ2n) is 4.91. The molecule has 0 aliphatic heterocycles. The smallest absolute Gasteiger partial charge is 0.290 e. The van der Waals surface area contributed by atoms with Gasteiger partial charge in [0.1, 0.15) is 11.5 Å². The van der Waals surface area contributed by atoms with Crippen molar-refractivity contribution in [2.75, 3.05) is 12.8 Å². The van der Waals surface area contributed by atoms with Crippen LogP contribution in [0.2, 0.25) is 0 Å². The summed E-state index contributed by atoms with van der Waals surface area (Å²) in [6.07, 6.45) is 0.855. The number of nitrogens with two attached hydrogens (primary N) is 1. The van der Waals surface area contributed by atoms with Crippen molar-refractivity contribution in [2.45, 2.75) is 33.0 Å². The summed E-state index contributed by atoms with van der Waals surface area (Å²) in [4.78, 5) is 12.3. The van der Waals surface area contributed by atoms with Crippen LogP contribution in [-0.4, -0.2) is 16.5 Å². The lowest BCUT2D eigenvalue weighted by molar-refractivity contribution is 0.175. The third-order valence-electron chi connectivity index (χ3n) is 3.32. The van der Waals surface area contributed by atoms with Gasteiger partial charge in [0.25, 0.3) is 5.56 Å². The molecule has 0 saturated carbocycles. The molecule has 2 rings (SSSR count). The van der Waals surface area contributed by atoms with Crippen LogP contribution in [0.3, 0.4) is 0 Å². The molecular formula is C15H20FN3O2. The zero-order valence-corrected chi connectivity index (χ0v) is 12.3. The fourth-order valence-corrected chi connectivity index (χ4v) is 2.38. The number of aromatic nitrogens is 2. The molecule has 0 bridgehead atoms. The van der Waals surface area contributed by atoms with Crippen LogP contribution in [0.15, 0.2) is 29.1 Å².